The monoisotopic (exact) mass is 1180 g/mol. The van der Waals surface area contributed by atoms with E-state index in [4.69, 9.17) is 11.5 Å². The number of amides is 8. The van der Waals surface area contributed by atoms with Gasteiger partial charge >= 0.3 is 0 Å². The Morgan fingerprint density at radius 3 is 1.74 bits per heavy atom. The summed E-state index contributed by atoms with van der Waals surface area (Å²) in [4.78, 5) is 126. The lowest BCUT2D eigenvalue weighted by atomic mass is 9.99. The summed E-state index contributed by atoms with van der Waals surface area (Å²) in [5.74, 6) is -6.43. The van der Waals surface area contributed by atoms with E-state index in [0.29, 0.717) is 41.6 Å². The molecule has 6 aromatic rings. The first-order valence-corrected chi connectivity index (χ1v) is 29.0. The van der Waals surface area contributed by atoms with Gasteiger partial charge in [0.15, 0.2) is 5.96 Å². The van der Waals surface area contributed by atoms with Crippen LogP contribution in [0.15, 0.2) is 114 Å². The van der Waals surface area contributed by atoms with Crippen molar-refractivity contribution in [3.05, 3.63) is 138 Å². The van der Waals surface area contributed by atoms with E-state index in [1.807, 2.05) is 56.3 Å². The Bertz CT molecular complexity index is 3340. The van der Waals surface area contributed by atoms with Gasteiger partial charge in [0.05, 0.1) is 6.61 Å². The molecule has 0 spiro atoms. The Morgan fingerprint density at radius 1 is 0.663 bits per heavy atom. The number of carbonyl (C=O) groups is 8. The highest BCUT2D eigenvalue weighted by molar-refractivity contribution is 5.99. The number of carbonyl (C=O) groups excluding carboxylic acids is 8. The van der Waals surface area contributed by atoms with E-state index in [1.54, 1.807) is 37.5 Å². The number of aliphatic imine (C=N–C) groups is 1. The Kier molecular flexibility index (Phi) is 23.2. The van der Waals surface area contributed by atoms with Crippen molar-refractivity contribution < 1.29 is 53.0 Å². The molecule has 15 N–H and O–H groups in total. The van der Waals surface area contributed by atoms with E-state index in [2.05, 4.69) is 52.2 Å². The lowest BCUT2D eigenvalue weighted by molar-refractivity contribution is -0.142. The number of aromatic amines is 2. The summed E-state index contributed by atoms with van der Waals surface area (Å²) in [6.07, 6.45) is 4.56. The van der Waals surface area contributed by atoms with Gasteiger partial charge in [0, 0.05) is 79.5 Å². The zero-order valence-corrected chi connectivity index (χ0v) is 48.5. The van der Waals surface area contributed by atoms with Crippen molar-refractivity contribution in [3.63, 3.8) is 0 Å². The number of hydrogen-bond donors (Lipinski definition) is 13. The first-order valence-electron chi connectivity index (χ1n) is 29.0. The largest absolute Gasteiger partial charge is 0.508 e. The third-order valence-corrected chi connectivity index (χ3v) is 15.0. The van der Waals surface area contributed by atoms with E-state index in [0.717, 1.165) is 21.8 Å². The third-order valence-electron chi connectivity index (χ3n) is 15.0. The number of guanidine groups is 1. The van der Waals surface area contributed by atoms with E-state index in [9.17, 15) is 53.0 Å². The van der Waals surface area contributed by atoms with Gasteiger partial charge < -0.3 is 73.8 Å². The number of aryl methyl sites for hydroxylation is 1. The van der Waals surface area contributed by atoms with E-state index < -0.39 is 96.1 Å². The number of aliphatic hydroxyl groups is 1. The molecule has 1 aliphatic rings. The molecule has 1 aliphatic heterocycles. The van der Waals surface area contributed by atoms with Crippen molar-refractivity contribution in [1.29, 1.82) is 0 Å². The molecule has 8 amide bonds. The number of hydrogen-bond acceptors (Lipinski definition) is 11. The SMILES string of the molecule is CCNC(=O)[C@H]1CCCN1C(=O)[C@H](CCCN=C(N)N)NC(=O)[C@H](CC(C)C)NC(=O)[C@@H](Cc1c[nH]c2ccccc12)NC(=O)[C@H](Cc1ccc(O)cc1)NC(=O)[C@H](CO)NC(=O)[C@@H](Cc1c[nH]c2ccccc12)NC(=O)CCc1ccc(F)cc1. The number of nitrogens with two attached hydrogens (primary N) is 2. The molecule has 1 saturated heterocycles. The fourth-order valence-electron chi connectivity index (χ4n) is 10.5. The molecular formula is C62H78FN13O10. The summed E-state index contributed by atoms with van der Waals surface area (Å²) in [6.45, 7) is 5.27. The molecule has 0 radical (unpaired) electrons. The molecule has 7 atom stereocenters. The molecule has 0 saturated carbocycles. The molecule has 1 fully saturated rings. The first kappa shape index (κ1) is 64.2. The number of nitrogens with zero attached hydrogens (tertiary/aromatic N) is 2. The second-order valence-electron chi connectivity index (χ2n) is 21.9. The molecule has 4 aromatic carbocycles. The van der Waals surface area contributed by atoms with Crippen molar-refractivity contribution in [1.82, 2.24) is 52.1 Å². The number of halogens is 1. The summed E-state index contributed by atoms with van der Waals surface area (Å²) in [7, 11) is 0. The van der Waals surface area contributed by atoms with Gasteiger partial charge in [-0.25, -0.2) is 4.39 Å². The molecule has 23 nitrogen and oxygen atoms in total. The van der Waals surface area contributed by atoms with Crippen molar-refractivity contribution in [3.8, 4) is 5.75 Å². The number of aliphatic hydroxyl groups excluding tert-OH is 1. The van der Waals surface area contributed by atoms with Gasteiger partial charge in [0.1, 0.15) is 53.9 Å². The van der Waals surface area contributed by atoms with Crippen LogP contribution in [0.25, 0.3) is 21.8 Å². The maximum Gasteiger partial charge on any atom is 0.245 e. The van der Waals surface area contributed by atoms with Crippen molar-refractivity contribution in [2.45, 2.75) is 127 Å². The smallest absolute Gasteiger partial charge is 0.245 e. The normalized spacial score (nSPS) is 15.1. The minimum Gasteiger partial charge on any atom is -0.508 e. The first-order chi connectivity index (χ1) is 41.3. The minimum atomic E-state index is -1.69. The molecule has 0 bridgehead atoms. The van der Waals surface area contributed by atoms with Crippen LogP contribution < -0.4 is 48.7 Å². The van der Waals surface area contributed by atoms with Crippen molar-refractivity contribution in [2.75, 3.05) is 26.2 Å². The van der Waals surface area contributed by atoms with Gasteiger partial charge in [-0.05, 0) is 110 Å². The molecule has 458 valence electrons. The highest BCUT2D eigenvalue weighted by Gasteiger charge is 2.39. The Morgan fingerprint density at radius 2 is 1.17 bits per heavy atom. The van der Waals surface area contributed by atoms with Gasteiger partial charge in [0.2, 0.25) is 47.3 Å². The lowest BCUT2D eigenvalue weighted by Crippen LogP contribution is -2.61. The predicted molar refractivity (Wildman–Crippen MR) is 322 cm³/mol. The lowest BCUT2D eigenvalue weighted by Gasteiger charge is -2.30. The molecule has 7 rings (SSSR count). The number of aromatic nitrogens is 2. The zero-order valence-electron chi connectivity index (χ0n) is 48.5. The van der Waals surface area contributed by atoms with E-state index in [-0.39, 0.29) is 88.0 Å². The van der Waals surface area contributed by atoms with Crippen LogP contribution >= 0.6 is 0 Å². The highest BCUT2D eigenvalue weighted by Crippen LogP contribution is 2.23. The second-order valence-corrected chi connectivity index (χ2v) is 21.9. The zero-order chi connectivity index (χ0) is 61.9. The van der Waals surface area contributed by atoms with Crippen molar-refractivity contribution in [2.24, 2.45) is 22.4 Å². The highest BCUT2D eigenvalue weighted by atomic mass is 19.1. The molecule has 0 aliphatic carbocycles. The average molecular weight is 1180 g/mol. The third kappa shape index (κ3) is 18.1. The summed E-state index contributed by atoms with van der Waals surface area (Å²) in [5.41, 5.74) is 15.1. The van der Waals surface area contributed by atoms with E-state index in [1.165, 1.54) is 41.3 Å². The summed E-state index contributed by atoms with van der Waals surface area (Å²) < 4.78 is 13.6. The number of phenols is 1. The van der Waals surface area contributed by atoms with Crippen molar-refractivity contribution >= 4 is 75.0 Å². The summed E-state index contributed by atoms with van der Waals surface area (Å²) in [6, 6.07) is 17.0. The summed E-state index contributed by atoms with van der Waals surface area (Å²) in [5, 5.41) is 41.7. The molecular weight excluding hydrogens is 1110 g/mol. The number of phenolic OH excluding ortho intramolecular Hbond substituents is 1. The molecule has 3 heterocycles. The Hall–Kier alpha value is -9.32. The van der Waals surface area contributed by atoms with Crippen LogP contribution in [0, 0.1) is 11.7 Å². The maximum atomic E-state index is 15.0. The van der Waals surface area contributed by atoms with Gasteiger partial charge in [-0.3, -0.25) is 43.3 Å². The average Bonchev–Trinajstić information content (AvgIpc) is 3.28. The fourth-order valence-corrected chi connectivity index (χ4v) is 10.5. The number of benzene rings is 4. The number of fused-ring (bicyclic) bond motifs is 2. The molecule has 86 heavy (non-hydrogen) atoms. The fraction of sp³-hybridized carbons (Fsp3) is 0.403. The van der Waals surface area contributed by atoms with Gasteiger partial charge in [-0.1, -0.05) is 74.5 Å². The summed E-state index contributed by atoms with van der Waals surface area (Å²) >= 11 is 0. The van der Waals surface area contributed by atoms with Gasteiger partial charge in [0.25, 0.3) is 0 Å². The van der Waals surface area contributed by atoms with Gasteiger partial charge in [-0.2, -0.15) is 0 Å². The Labute approximate surface area is 497 Å². The van der Waals surface area contributed by atoms with Gasteiger partial charge in [-0.15, -0.1) is 0 Å². The quantitative estimate of drug-likeness (QED) is 0.0176. The number of nitrogens with one attached hydrogen (secondary N) is 9. The standard InChI is InChI=1S/C62H78FN13O10/c1-4-66-60(85)53-16-10-28-76(53)61(86)47(15-9-27-67-62(64)65)71-55(80)48(29-36(2)3)72-58(83)51(32-40-34-69-46-14-8-6-12-44(40)46)74-56(81)49(30-38-19-24-42(78)25-20-38)73-59(84)52(35-77)75-57(82)50(31-39-33-68-45-13-7-5-11-43(39)45)70-54(79)26-21-37-17-22-41(63)23-18-37/h5-8,11-14,17-20,22-25,33-34,36,47-53,68-69,77-78H,4,9-10,15-16,21,26-32,35H2,1-3H3,(H,66,85)(H,70,79)(H,71,80)(H,72,83)(H,73,84)(H,74,81)(H,75,82)(H4,64,65,67)/t47-,48-,49-,50+,51+,52-,53+/m0/s1. The van der Waals surface area contributed by atoms with Crippen LogP contribution in [0.1, 0.15) is 81.5 Å². The molecule has 24 heteroatoms. The topological polar surface area (TPSA) is 360 Å². The van der Waals surface area contributed by atoms with Crippen LogP contribution in [-0.2, 0) is 64.0 Å². The number of H-pyrrole nitrogens is 2. The molecule has 0 unspecified atom stereocenters. The number of likely N-dealkylation sites (N-methyl/N-ethyl adjacent to an activating group) is 1. The van der Waals surface area contributed by atoms with Crippen LogP contribution in [0.3, 0.4) is 0 Å². The maximum absolute atomic E-state index is 15.0. The Balaban J connectivity index is 1.14. The van der Waals surface area contributed by atoms with E-state index >= 15 is 0 Å². The molecule has 2 aromatic heterocycles. The van der Waals surface area contributed by atoms with Crippen LogP contribution in [-0.4, -0.2) is 147 Å². The number of rotatable bonds is 30. The van der Waals surface area contributed by atoms with Crippen LogP contribution in [0.4, 0.5) is 4.39 Å². The van der Waals surface area contributed by atoms with Crippen LogP contribution in [0.5, 0.6) is 5.75 Å². The minimum absolute atomic E-state index is 0.0407. The van der Waals surface area contributed by atoms with Crippen LogP contribution in [0.2, 0.25) is 0 Å². The number of para-hydroxylation sites is 2. The number of aromatic hydroxyl groups is 1. The predicted octanol–water partition coefficient (Wildman–Crippen LogP) is 2.28. The second kappa shape index (κ2) is 31.0. The number of likely N-dealkylation sites (tertiary alicyclic amines) is 1.